The number of carbonyl (C=O) groups excluding carboxylic acids is 1. The third kappa shape index (κ3) is 2.80. The van der Waals surface area contributed by atoms with Gasteiger partial charge >= 0.3 is 5.97 Å². The van der Waals surface area contributed by atoms with Gasteiger partial charge in [-0.05, 0) is 35.3 Å². The van der Waals surface area contributed by atoms with Gasteiger partial charge in [0.25, 0.3) is 0 Å². The summed E-state index contributed by atoms with van der Waals surface area (Å²) in [6.45, 7) is 4.29. The van der Waals surface area contributed by atoms with Crippen molar-refractivity contribution < 1.29 is 19.0 Å². The highest BCUT2D eigenvalue weighted by atomic mass is 16.6. The van der Waals surface area contributed by atoms with Crippen molar-refractivity contribution >= 4 is 11.5 Å². The fraction of sp³-hybridized carbons (Fsp3) is 0.318. The van der Waals surface area contributed by atoms with E-state index < -0.39 is 5.60 Å². The third-order valence-electron chi connectivity index (χ3n) is 5.36. The predicted molar refractivity (Wildman–Crippen MR) is 98.8 cm³/mol. The van der Waals surface area contributed by atoms with E-state index in [1.807, 2.05) is 54.6 Å². The number of hydrogen-bond donors (Lipinski definition) is 0. The molecule has 4 nitrogen and oxygen atoms in total. The Morgan fingerprint density at radius 1 is 1.15 bits per heavy atom. The second-order valence-electron chi connectivity index (χ2n) is 6.84. The smallest absolute Gasteiger partial charge is 0.306 e. The van der Waals surface area contributed by atoms with Gasteiger partial charge in [-0.1, -0.05) is 49.0 Å². The Labute approximate surface area is 153 Å². The molecular weight excluding hydrogens is 328 g/mol. The minimum atomic E-state index is -0.804. The van der Waals surface area contributed by atoms with Crippen LogP contribution in [0.25, 0.3) is 5.57 Å². The number of hydrogen-bond acceptors (Lipinski definition) is 4. The Balaban J connectivity index is 1.67. The summed E-state index contributed by atoms with van der Waals surface area (Å²) >= 11 is 0. The predicted octanol–water partition coefficient (Wildman–Crippen LogP) is 4.31. The quantitative estimate of drug-likeness (QED) is 0.771. The summed E-state index contributed by atoms with van der Waals surface area (Å²) in [7, 11) is 1.65. The molecule has 134 valence electrons. The van der Waals surface area contributed by atoms with Crippen LogP contribution in [0.3, 0.4) is 0 Å². The van der Waals surface area contributed by atoms with Crippen LogP contribution in [0, 0.1) is 0 Å². The van der Waals surface area contributed by atoms with E-state index in [0.717, 1.165) is 22.4 Å². The standard InChI is InChI=1S/C22H22O4/c1-15(16-6-4-3-5-7-16)22-14-19(17-8-10-18(24-2)11-9-17)25-20(22)12-13-21(23)26-22/h3-11,19-20H,1,12-14H2,2H3/t19-,20-,22+/m0/s1. The van der Waals surface area contributed by atoms with Gasteiger partial charge in [0.15, 0.2) is 5.60 Å². The Kier molecular flexibility index (Phi) is 4.29. The molecule has 2 fully saturated rings. The number of rotatable bonds is 4. The van der Waals surface area contributed by atoms with E-state index in [9.17, 15) is 4.79 Å². The summed E-state index contributed by atoms with van der Waals surface area (Å²) in [6, 6.07) is 17.7. The maximum atomic E-state index is 12.1. The summed E-state index contributed by atoms with van der Waals surface area (Å²) in [4.78, 5) is 12.1. The molecule has 0 bridgehead atoms. The number of methoxy groups -OCH3 is 1. The van der Waals surface area contributed by atoms with E-state index in [2.05, 4.69) is 6.58 Å². The molecule has 2 aromatic rings. The van der Waals surface area contributed by atoms with Gasteiger partial charge < -0.3 is 14.2 Å². The van der Waals surface area contributed by atoms with Crippen LogP contribution in [0.4, 0.5) is 0 Å². The van der Waals surface area contributed by atoms with E-state index in [4.69, 9.17) is 14.2 Å². The first-order valence-electron chi connectivity index (χ1n) is 8.88. The summed E-state index contributed by atoms with van der Waals surface area (Å²) in [5, 5.41) is 0. The molecule has 0 N–H and O–H groups in total. The fourth-order valence-corrected chi connectivity index (χ4v) is 3.95. The molecule has 2 aliphatic rings. The maximum absolute atomic E-state index is 12.1. The van der Waals surface area contributed by atoms with Gasteiger partial charge in [-0.3, -0.25) is 4.79 Å². The van der Waals surface area contributed by atoms with Gasteiger partial charge in [0.2, 0.25) is 0 Å². The second kappa shape index (κ2) is 6.61. The van der Waals surface area contributed by atoms with Crippen LogP contribution in [0.15, 0.2) is 61.2 Å². The molecular formula is C22H22O4. The maximum Gasteiger partial charge on any atom is 0.306 e. The Morgan fingerprint density at radius 2 is 1.88 bits per heavy atom. The Bertz CT molecular complexity index is 812. The van der Waals surface area contributed by atoms with Crippen LogP contribution >= 0.6 is 0 Å². The first-order valence-corrected chi connectivity index (χ1v) is 8.88. The summed E-state index contributed by atoms with van der Waals surface area (Å²) in [5.74, 6) is 0.622. The summed E-state index contributed by atoms with van der Waals surface area (Å²) in [6.07, 6.45) is 1.28. The van der Waals surface area contributed by atoms with Crippen molar-refractivity contribution in [1.29, 1.82) is 0 Å². The van der Waals surface area contributed by atoms with Crippen molar-refractivity contribution in [3.63, 3.8) is 0 Å². The topological polar surface area (TPSA) is 44.8 Å². The molecule has 4 heteroatoms. The van der Waals surface area contributed by atoms with Crippen LogP contribution in [0.2, 0.25) is 0 Å². The van der Waals surface area contributed by atoms with Crippen molar-refractivity contribution in [2.45, 2.75) is 37.1 Å². The zero-order valence-electron chi connectivity index (χ0n) is 14.8. The molecule has 3 atom stereocenters. The van der Waals surface area contributed by atoms with Crippen LogP contribution in [0.5, 0.6) is 5.75 Å². The van der Waals surface area contributed by atoms with E-state index >= 15 is 0 Å². The molecule has 0 saturated carbocycles. The van der Waals surface area contributed by atoms with Crippen LogP contribution in [0.1, 0.15) is 36.5 Å². The molecule has 0 spiro atoms. The third-order valence-corrected chi connectivity index (χ3v) is 5.36. The average molecular weight is 350 g/mol. The summed E-state index contributed by atoms with van der Waals surface area (Å²) < 4.78 is 17.5. The van der Waals surface area contributed by atoms with E-state index in [1.54, 1.807) is 7.11 Å². The van der Waals surface area contributed by atoms with E-state index in [0.29, 0.717) is 19.3 Å². The Morgan fingerprint density at radius 3 is 2.58 bits per heavy atom. The van der Waals surface area contributed by atoms with Gasteiger partial charge in [0.05, 0.1) is 13.2 Å². The fourth-order valence-electron chi connectivity index (χ4n) is 3.95. The monoisotopic (exact) mass is 350 g/mol. The molecule has 0 aliphatic carbocycles. The zero-order valence-corrected chi connectivity index (χ0v) is 14.8. The van der Waals surface area contributed by atoms with Gasteiger partial charge in [0, 0.05) is 12.8 Å². The molecule has 2 aromatic carbocycles. The first kappa shape index (κ1) is 16.9. The lowest BCUT2D eigenvalue weighted by molar-refractivity contribution is -0.167. The van der Waals surface area contributed by atoms with Gasteiger partial charge in [0.1, 0.15) is 11.9 Å². The molecule has 0 amide bonds. The van der Waals surface area contributed by atoms with Gasteiger partial charge in [-0.25, -0.2) is 0 Å². The number of carbonyl (C=O) groups is 1. The lowest BCUT2D eigenvalue weighted by Crippen LogP contribution is -2.47. The average Bonchev–Trinajstić information content (AvgIpc) is 3.08. The lowest BCUT2D eigenvalue weighted by Gasteiger charge is -2.38. The SMILES string of the molecule is C=C(c1ccccc1)[C@]12C[C@@H](c3ccc(OC)cc3)O[C@H]1CCC(=O)O2. The zero-order chi connectivity index (χ0) is 18.1. The lowest BCUT2D eigenvalue weighted by atomic mass is 9.79. The molecule has 2 saturated heterocycles. The highest BCUT2D eigenvalue weighted by Crippen LogP contribution is 2.51. The summed E-state index contributed by atoms with van der Waals surface area (Å²) in [5.41, 5.74) is 2.04. The number of esters is 1. The van der Waals surface area contributed by atoms with Crippen molar-refractivity contribution in [2.24, 2.45) is 0 Å². The molecule has 26 heavy (non-hydrogen) atoms. The van der Waals surface area contributed by atoms with Crippen molar-refractivity contribution in [1.82, 2.24) is 0 Å². The van der Waals surface area contributed by atoms with Crippen LogP contribution < -0.4 is 4.74 Å². The van der Waals surface area contributed by atoms with Gasteiger partial charge in [-0.15, -0.1) is 0 Å². The number of benzene rings is 2. The van der Waals surface area contributed by atoms with Crippen molar-refractivity contribution in [2.75, 3.05) is 7.11 Å². The molecule has 4 rings (SSSR count). The highest BCUT2D eigenvalue weighted by molar-refractivity contribution is 5.79. The highest BCUT2D eigenvalue weighted by Gasteiger charge is 2.56. The number of ether oxygens (including phenoxy) is 3. The molecule has 0 aromatic heterocycles. The molecule has 2 heterocycles. The van der Waals surface area contributed by atoms with E-state index in [-0.39, 0.29) is 18.2 Å². The minimum absolute atomic E-state index is 0.141. The van der Waals surface area contributed by atoms with Crippen LogP contribution in [-0.2, 0) is 14.3 Å². The minimum Gasteiger partial charge on any atom is -0.497 e. The largest absolute Gasteiger partial charge is 0.497 e. The molecule has 2 aliphatic heterocycles. The second-order valence-corrected chi connectivity index (χ2v) is 6.84. The van der Waals surface area contributed by atoms with E-state index in [1.165, 1.54) is 0 Å². The Hall–Kier alpha value is -2.59. The normalized spacial score (nSPS) is 27.5. The molecule has 0 unspecified atom stereocenters. The number of fused-ring (bicyclic) bond motifs is 1. The van der Waals surface area contributed by atoms with Crippen LogP contribution in [-0.4, -0.2) is 24.8 Å². The van der Waals surface area contributed by atoms with Crippen molar-refractivity contribution in [3.05, 3.63) is 72.3 Å². The first-order chi connectivity index (χ1) is 12.6. The van der Waals surface area contributed by atoms with Gasteiger partial charge in [-0.2, -0.15) is 0 Å². The molecule has 0 radical (unpaired) electrons. The van der Waals surface area contributed by atoms with Crippen molar-refractivity contribution in [3.8, 4) is 5.75 Å².